The lowest BCUT2D eigenvalue weighted by Crippen LogP contribution is -2.55. The van der Waals surface area contributed by atoms with Gasteiger partial charge in [0.15, 0.2) is 5.82 Å². The summed E-state index contributed by atoms with van der Waals surface area (Å²) in [5.74, 6) is -2.37. The monoisotopic (exact) mass is 550 g/mol. The molecule has 0 bridgehead atoms. The number of benzene rings is 2. The number of aromatic amines is 1. The highest BCUT2D eigenvalue weighted by Gasteiger charge is 2.57. The van der Waals surface area contributed by atoms with Gasteiger partial charge in [-0.3, -0.25) is 9.78 Å². The minimum atomic E-state index is -4.98. The molecular formula is C22H17ClF6N4O4. The average Bonchev–Trinajstić information content (AvgIpc) is 2.80. The predicted octanol–water partition coefficient (Wildman–Crippen LogP) is 4.63. The topological polar surface area (TPSA) is 106 Å². The van der Waals surface area contributed by atoms with Crippen molar-refractivity contribution in [1.29, 1.82) is 0 Å². The van der Waals surface area contributed by atoms with Crippen LogP contribution >= 0.6 is 11.6 Å². The molecule has 0 radical (unpaired) electrons. The van der Waals surface area contributed by atoms with Crippen LogP contribution < -0.4 is 15.7 Å². The summed E-state index contributed by atoms with van der Waals surface area (Å²) in [4.78, 5) is 34.5. The van der Waals surface area contributed by atoms with Gasteiger partial charge >= 0.3 is 18.2 Å². The summed E-state index contributed by atoms with van der Waals surface area (Å²) < 4.78 is 85.6. The van der Waals surface area contributed by atoms with Crippen molar-refractivity contribution in [3.8, 4) is 28.5 Å². The first-order chi connectivity index (χ1) is 17.1. The summed E-state index contributed by atoms with van der Waals surface area (Å²) in [5.41, 5.74) is -3.56. The Labute approximate surface area is 209 Å². The molecular weight excluding hydrogens is 534 g/mol. The number of carbonyl (C=O) groups is 1. The van der Waals surface area contributed by atoms with E-state index < -0.39 is 35.5 Å². The smallest absolute Gasteiger partial charge is 0.406 e. The Kier molecular flexibility index (Phi) is 7.83. The van der Waals surface area contributed by atoms with Crippen molar-refractivity contribution in [2.75, 3.05) is 7.11 Å². The Hall–Kier alpha value is -3.65. The van der Waals surface area contributed by atoms with Crippen LogP contribution in [0.1, 0.15) is 12.5 Å². The molecule has 0 aliphatic heterocycles. The number of amides is 1. The van der Waals surface area contributed by atoms with E-state index in [-0.39, 0.29) is 39.9 Å². The number of H-pyrrole nitrogens is 1. The van der Waals surface area contributed by atoms with Gasteiger partial charge in [-0.2, -0.15) is 18.2 Å². The number of ether oxygens (including phenoxy) is 2. The van der Waals surface area contributed by atoms with Crippen LogP contribution in [0.3, 0.4) is 0 Å². The summed E-state index contributed by atoms with van der Waals surface area (Å²) in [7, 11) is 0.751. The fraction of sp³-hybridized carbons (Fsp3) is 0.273. The van der Waals surface area contributed by atoms with E-state index in [1.807, 2.05) is 0 Å². The van der Waals surface area contributed by atoms with Crippen molar-refractivity contribution in [2.24, 2.45) is 0 Å². The van der Waals surface area contributed by atoms with E-state index in [9.17, 15) is 35.9 Å². The first-order valence-electron chi connectivity index (χ1n) is 10.2. The summed E-state index contributed by atoms with van der Waals surface area (Å²) in [6, 6.07) is 8.75. The van der Waals surface area contributed by atoms with Crippen molar-refractivity contribution in [2.45, 2.75) is 31.6 Å². The van der Waals surface area contributed by atoms with Crippen molar-refractivity contribution < 1.29 is 40.6 Å². The van der Waals surface area contributed by atoms with Crippen LogP contribution in [0.4, 0.5) is 26.3 Å². The molecule has 0 saturated heterocycles. The summed E-state index contributed by atoms with van der Waals surface area (Å²) in [5, 5.41) is 2.20. The number of hydrogen-bond donors (Lipinski definition) is 2. The van der Waals surface area contributed by atoms with Gasteiger partial charge < -0.3 is 14.8 Å². The number of rotatable bonds is 7. The van der Waals surface area contributed by atoms with E-state index >= 15 is 0 Å². The molecule has 1 aromatic heterocycles. The van der Waals surface area contributed by atoms with Crippen molar-refractivity contribution in [1.82, 2.24) is 20.3 Å². The molecule has 0 saturated carbocycles. The first-order valence-corrected chi connectivity index (χ1v) is 10.5. The van der Waals surface area contributed by atoms with Gasteiger partial charge in [0.05, 0.1) is 5.02 Å². The summed E-state index contributed by atoms with van der Waals surface area (Å²) in [6.45, 7) is 0.217. The lowest BCUT2D eigenvalue weighted by Gasteiger charge is -2.29. The highest BCUT2D eigenvalue weighted by Crippen LogP contribution is 2.33. The van der Waals surface area contributed by atoms with Crippen molar-refractivity contribution >= 4 is 17.5 Å². The van der Waals surface area contributed by atoms with Gasteiger partial charge in [-0.05, 0) is 36.8 Å². The molecule has 1 unspecified atom stereocenters. The zero-order valence-electron chi connectivity index (χ0n) is 18.9. The Bertz CT molecular complexity index is 1360. The molecule has 3 rings (SSSR count). The number of methoxy groups -OCH3 is 1. The molecule has 0 spiro atoms. The molecule has 8 nitrogen and oxygen atoms in total. The standard InChI is InChI=1S/C22H17ClF6N4O4/c1-20(36-2,21(24,25)26)18(34)30-10-11-6-7-15(23)14(8-11)17-31-16(32-19(35)33-17)12-4-3-5-13(9-12)37-22(27,28)29/h3-9H,10H2,1-2H3,(H,30,34)(H,31,32,33,35). The van der Waals surface area contributed by atoms with E-state index in [0.717, 1.165) is 19.2 Å². The van der Waals surface area contributed by atoms with Crippen LogP contribution in [-0.4, -0.2) is 46.1 Å². The predicted molar refractivity (Wildman–Crippen MR) is 119 cm³/mol. The fourth-order valence-corrected chi connectivity index (χ4v) is 3.23. The number of nitrogens with zero attached hydrogens (tertiary/aromatic N) is 2. The van der Waals surface area contributed by atoms with E-state index in [4.69, 9.17) is 11.6 Å². The van der Waals surface area contributed by atoms with E-state index in [1.54, 1.807) is 0 Å². The zero-order valence-corrected chi connectivity index (χ0v) is 19.7. The highest BCUT2D eigenvalue weighted by atomic mass is 35.5. The molecule has 0 fully saturated rings. The largest absolute Gasteiger partial charge is 0.573 e. The molecule has 2 N–H and O–H groups in total. The molecule has 37 heavy (non-hydrogen) atoms. The second kappa shape index (κ2) is 10.4. The third-order valence-electron chi connectivity index (χ3n) is 5.10. The second-order valence-electron chi connectivity index (χ2n) is 7.63. The molecule has 1 atom stereocenters. The molecule has 0 aliphatic rings. The lowest BCUT2D eigenvalue weighted by molar-refractivity contribution is -0.274. The second-order valence-corrected chi connectivity index (χ2v) is 8.04. The van der Waals surface area contributed by atoms with Gasteiger partial charge in [0.1, 0.15) is 11.6 Å². The van der Waals surface area contributed by atoms with Crippen LogP contribution in [0.2, 0.25) is 5.02 Å². The van der Waals surface area contributed by atoms with Gasteiger partial charge in [-0.15, -0.1) is 13.2 Å². The normalized spacial score (nSPS) is 13.6. The van der Waals surface area contributed by atoms with Gasteiger partial charge in [0.25, 0.3) is 5.91 Å². The zero-order chi connectivity index (χ0) is 27.6. The third-order valence-corrected chi connectivity index (χ3v) is 5.43. The number of alkyl halides is 6. The Balaban J connectivity index is 1.92. The average molecular weight is 551 g/mol. The molecule has 15 heteroatoms. The molecule has 1 heterocycles. The number of halogens is 7. The lowest BCUT2D eigenvalue weighted by atomic mass is 10.0. The first kappa shape index (κ1) is 27.9. The van der Waals surface area contributed by atoms with E-state index in [0.29, 0.717) is 6.92 Å². The molecule has 198 valence electrons. The van der Waals surface area contributed by atoms with Crippen LogP contribution in [0.25, 0.3) is 22.8 Å². The van der Waals surface area contributed by atoms with Crippen molar-refractivity contribution in [3.05, 3.63) is 63.5 Å². The van der Waals surface area contributed by atoms with Gasteiger partial charge in [0.2, 0.25) is 5.60 Å². The fourth-order valence-electron chi connectivity index (χ4n) is 3.03. The summed E-state index contributed by atoms with van der Waals surface area (Å²) in [6.07, 6.45) is -9.92. The van der Waals surface area contributed by atoms with Crippen molar-refractivity contribution in [3.63, 3.8) is 0 Å². The van der Waals surface area contributed by atoms with Crippen LogP contribution in [0, 0.1) is 0 Å². The molecule has 3 aromatic rings. The van der Waals surface area contributed by atoms with Gasteiger partial charge in [0, 0.05) is 24.8 Å². The quantitative estimate of drug-likeness (QED) is 0.415. The minimum Gasteiger partial charge on any atom is -0.406 e. The highest BCUT2D eigenvalue weighted by molar-refractivity contribution is 6.33. The molecule has 2 aromatic carbocycles. The Morgan fingerprint density at radius 3 is 2.41 bits per heavy atom. The number of hydrogen-bond acceptors (Lipinski definition) is 6. The summed E-state index contributed by atoms with van der Waals surface area (Å²) >= 11 is 6.21. The minimum absolute atomic E-state index is 0.0274. The maximum absolute atomic E-state index is 13.2. The van der Waals surface area contributed by atoms with E-state index in [1.165, 1.54) is 30.3 Å². The Morgan fingerprint density at radius 1 is 1.08 bits per heavy atom. The molecule has 0 aliphatic carbocycles. The number of carbonyl (C=O) groups excluding carboxylic acids is 1. The maximum atomic E-state index is 13.2. The maximum Gasteiger partial charge on any atom is 0.573 e. The van der Waals surface area contributed by atoms with Gasteiger partial charge in [-0.25, -0.2) is 9.78 Å². The van der Waals surface area contributed by atoms with Gasteiger partial charge in [-0.1, -0.05) is 29.8 Å². The SMILES string of the molecule is COC(C)(C(=O)NCc1ccc(Cl)c(-c2nc(-c3cccc(OC(F)(F)F)c3)nc(=O)[nH]2)c1)C(F)(F)F. The Morgan fingerprint density at radius 2 is 1.78 bits per heavy atom. The number of aromatic nitrogens is 3. The van der Waals surface area contributed by atoms with Crippen LogP contribution in [0.15, 0.2) is 47.3 Å². The van der Waals surface area contributed by atoms with E-state index in [2.05, 4.69) is 29.7 Å². The van der Waals surface area contributed by atoms with Crippen LogP contribution in [-0.2, 0) is 16.1 Å². The number of nitrogens with one attached hydrogen (secondary N) is 2. The third kappa shape index (κ3) is 6.57. The van der Waals surface area contributed by atoms with Crippen LogP contribution in [0.5, 0.6) is 5.75 Å². The molecule has 1 amide bonds.